The number of ether oxygens (including phenoxy) is 2. The predicted octanol–water partition coefficient (Wildman–Crippen LogP) is 6.61. The second kappa shape index (κ2) is 14.5. The van der Waals surface area contributed by atoms with Crippen LogP contribution >= 0.6 is 0 Å². The summed E-state index contributed by atoms with van der Waals surface area (Å²) in [6.45, 7) is 4.01. The number of carboxylic acids is 1. The number of methoxy groups -OCH3 is 1. The maximum absolute atomic E-state index is 12.5. The number of rotatable bonds is 10. The van der Waals surface area contributed by atoms with Crippen LogP contribution < -0.4 is 14.2 Å². The van der Waals surface area contributed by atoms with Gasteiger partial charge in [-0.2, -0.15) is 0 Å². The third-order valence-electron chi connectivity index (χ3n) is 6.24. The molecule has 7 heteroatoms. The molecule has 2 unspecified atom stereocenters. The van der Waals surface area contributed by atoms with E-state index in [2.05, 4.69) is 4.72 Å². The molecule has 0 amide bonds. The van der Waals surface area contributed by atoms with E-state index >= 15 is 0 Å². The molecule has 0 radical (unpaired) electrons. The number of hydrogen-bond acceptors (Lipinski definition) is 4. The molecular formula is C30H37NO5S. The zero-order valence-electron chi connectivity index (χ0n) is 21.8. The molecule has 1 aliphatic rings. The Kier molecular flexibility index (Phi) is 11.2. The van der Waals surface area contributed by atoms with Crippen LogP contribution in [0.5, 0.6) is 11.5 Å². The first kappa shape index (κ1) is 28.4. The fourth-order valence-electron chi connectivity index (χ4n) is 3.94. The van der Waals surface area contributed by atoms with Gasteiger partial charge in [-0.05, 0) is 59.0 Å². The number of aliphatic carboxylic acids is 1. The van der Waals surface area contributed by atoms with Crippen LogP contribution in [0.15, 0.2) is 77.7 Å². The number of carbonyl (C=O) groups is 1. The number of benzene rings is 3. The Morgan fingerprint density at radius 3 is 1.78 bits per heavy atom. The molecule has 0 aliphatic heterocycles. The molecule has 198 valence electrons. The Morgan fingerprint density at radius 2 is 1.32 bits per heavy atom. The molecule has 0 aromatic heterocycles. The van der Waals surface area contributed by atoms with E-state index in [1.807, 2.05) is 60.7 Å². The molecule has 4 rings (SSSR count). The first-order valence-electron chi connectivity index (χ1n) is 12.7. The van der Waals surface area contributed by atoms with E-state index in [0.29, 0.717) is 11.5 Å². The topological polar surface area (TPSA) is 84.9 Å². The van der Waals surface area contributed by atoms with Crippen molar-refractivity contribution in [1.29, 1.82) is 0 Å². The van der Waals surface area contributed by atoms with Crippen molar-refractivity contribution in [3.63, 3.8) is 0 Å². The second-order valence-corrected chi connectivity index (χ2v) is 10.6. The molecule has 2 atom stereocenters. The zero-order valence-corrected chi connectivity index (χ0v) is 22.6. The molecule has 6 nitrogen and oxygen atoms in total. The number of nitrogens with one attached hydrogen (secondary N) is 1. The Balaban J connectivity index is 0.000000678. The van der Waals surface area contributed by atoms with Gasteiger partial charge in [0.2, 0.25) is 0 Å². The van der Waals surface area contributed by atoms with Crippen molar-refractivity contribution in [1.82, 2.24) is 4.72 Å². The van der Waals surface area contributed by atoms with Crippen LogP contribution in [0, 0.1) is 5.92 Å². The van der Waals surface area contributed by atoms with Crippen LogP contribution in [0.25, 0.3) is 11.1 Å². The molecule has 0 saturated heterocycles. The van der Waals surface area contributed by atoms with Crippen molar-refractivity contribution in [2.75, 3.05) is 7.11 Å². The minimum Gasteiger partial charge on any atom is -0.497 e. The summed E-state index contributed by atoms with van der Waals surface area (Å²) in [6, 6.07) is 21.9. The van der Waals surface area contributed by atoms with Gasteiger partial charge in [0.25, 0.3) is 0 Å². The highest BCUT2D eigenvalue weighted by atomic mass is 32.2. The Labute approximate surface area is 222 Å². The van der Waals surface area contributed by atoms with Crippen LogP contribution in [0.3, 0.4) is 0 Å². The molecular weight excluding hydrogens is 486 g/mol. The van der Waals surface area contributed by atoms with Gasteiger partial charge in [-0.1, -0.05) is 82.3 Å². The van der Waals surface area contributed by atoms with Crippen molar-refractivity contribution in [2.45, 2.75) is 63.5 Å². The lowest BCUT2D eigenvalue weighted by molar-refractivity contribution is -0.140. The minimum atomic E-state index is -1.60. The van der Waals surface area contributed by atoms with Gasteiger partial charge >= 0.3 is 5.97 Å². The number of hydrogen-bond donors (Lipinski definition) is 2. The Bertz CT molecular complexity index is 1120. The fraction of sp³-hybridized carbons (Fsp3) is 0.367. The van der Waals surface area contributed by atoms with Gasteiger partial charge < -0.3 is 14.6 Å². The van der Waals surface area contributed by atoms with Crippen molar-refractivity contribution in [3.8, 4) is 22.6 Å². The van der Waals surface area contributed by atoms with Gasteiger partial charge in [0.05, 0.1) is 12.0 Å². The lowest BCUT2D eigenvalue weighted by Crippen LogP contribution is -2.41. The first-order valence-corrected chi connectivity index (χ1v) is 13.9. The summed E-state index contributed by atoms with van der Waals surface area (Å²) in [5.74, 6) is 0.368. The highest BCUT2D eigenvalue weighted by Crippen LogP contribution is 2.23. The molecule has 1 fully saturated rings. The third kappa shape index (κ3) is 9.02. The predicted molar refractivity (Wildman–Crippen MR) is 148 cm³/mol. The summed E-state index contributed by atoms with van der Waals surface area (Å²) in [4.78, 5) is 11.8. The second-order valence-electron chi connectivity index (χ2n) is 9.40. The minimum absolute atomic E-state index is 0.178. The van der Waals surface area contributed by atoms with Crippen LogP contribution in [-0.4, -0.2) is 28.4 Å². The van der Waals surface area contributed by atoms with E-state index < -0.39 is 23.0 Å². The average Bonchev–Trinajstić information content (AvgIpc) is 3.51. The van der Waals surface area contributed by atoms with E-state index in [4.69, 9.17) is 9.47 Å². The normalized spacial score (nSPS) is 14.4. The zero-order chi connectivity index (χ0) is 26.6. The van der Waals surface area contributed by atoms with E-state index in [1.165, 1.54) is 32.1 Å². The van der Waals surface area contributed by atoms with Crippen molar-refractivity contribution < 1.29 is 23.6 Å². The number of carboxylic acid groups (broad SMARTS) is 1. The highest BCUT2D eigenvalue weighted by Gasteiger charge is 2.23. The summed E-state index contributed by atoms with van der Waals surface area (Å²) in [6.07, 6.45) is 7.50. The summed E-state index contributed by atoms with van der Waals surface area (Å²) in [5, 5.41) is 9.27. The van der Waals surface area contributed by atoms with Crippen molar-refractivity contribution >= 4 is 17.0 Å². The van der Waals surface area contributed by atoms with Crippen molar-refractivity contribution in [2.24, 2.45) is 5.92 Å². The van der Waals surface area contributed by atoms with Gasteiger partial charge in [-0.25, -0.2) is 8.93 Å². The summed E-state index contributed by atoms with van der Waals surface area (Å²) in [5.41, 5.74) is 3.04. The van der Waals surface area contributed by atoms with E-state index in [9.17, 15) is 14.1 Å². The molecule has 2 N–H and O–H groups in total. The van der Waals surface area contributed by atoms with Crippen LogP contribution in [0.2, 0.25) is 0 Å². The largest absolute Gasteiger partial charge is 0.497 e. The molecule has 37 heavy (non-hydrogen) atoms. The SMILES string of the molecule is C1CCCC1.COc1ccc(OCc2ccc(-c3ccc(S(=O)NC(C(=O)O)C(C)C)cc3)cc2)cc1. The Morgan fingerprint density at radius 1 is 0.838 bits per heavy atom. The molecule has 1 saturated carbocycles. The smallest absolute Gasteiger partial charge is 0.321 e. The summed E-state index contributed by atoms with van der Waals surface area (Å²) >= 11 is 0. The van der Waals surface area contributed by atoms with Gasteiger partial charge in [0.15, 0.2) is 0 Å². The fourth-order valence-corrected chi connectivity index (χ4v) is 5.06. The highest BCUT2D eigenvalue weighted by molar-refractivity contribution is 7.83. The van der Waals surface area contributed by atoms with Gasteiger partial charge in [0, 0.05) is 0 Å². The average molecular weight is 524 g/mol. The van der Waals surface area contributed by atoms with Gasteiger partial charge in [-0.3, -0.25) is 4.79 Å². The monoisotopic (exact) mass is 523 g/mol. The van der Waals surface area contributed by atoms with Crippen molar-refractivity contribution in [3.05, 3.63) is 78.4 Å². The Hall–Kier alpha value is -3.16. The molecule has 3 aromatic carbocycles. The molecule has 1 aliphatic carbocycles. The molecule has 0 spiro atoms. The van der Waals surface area contributed by atoms with E-state index in [1.54, 1.807) is 33.1 Å². The maximum Gasteiger partial charge on any atom is 0.321 e. The first-order chi connectivity index (χ1) is 17.9. The quantitative estimate of drug-likeness (QED) is 0.312. The lowest BCUT2D eigenvalue weighted by atomic mass is 10.0. The van der Waals surface area contributed by atoms with Crippen LogP contribution in [0.1, 0.15) is 51.5 Å². The lowest BCUT2D eigenvalue weighted by Gasteiger charge is -2.17. The molecule has 0 heterocycles. The standard InChI is InChI=1S/C25H27NO5S.C5H10/c1-17(2)24(25(27)28)26-32(29)23-14-8-20(9-15-23)19-6-4-18(5-7-19)16-31-22-12-10-21(30-3)11-13-22;1-2-4-5-3-1/h4-15,17,24,26H,16H2,1-3H3,(H,27,28);1-5H2. The van der Waals surface area contributed by atoms with E-state index in [0.717, 1.165) is 28.2 Å². The summed E-state index contributed by atoms with van der Waals surface area (Å²) < 4.78 is 26.1. The van der Waals surface area contributed by atoms with Crippen LogP contribution in [0.4, 0.5) is 0 Å². The maximum atomic E-state index is 12.5. The molecule has 0 bridgehead atoms. The van der Waals surface area contributed by atoms with Crippen LogP contribution in [-0.2, 0) is 22.4 Å². The van der Waals surface area contributed by atoms with Gasteiger partial charge in [-0.15, -0.1) is 0 Å². The summed E-state index contributed by atoms with van der Waals surface area (Å²) in [7, 11) is 0.0264. The van der Waals surface area contributed by atoms with E-state index in [-0.39, 0.29) is 5.92 Å². The molecule has 3 aromatic rings. The third-order valence-corrected chi connectivity index (χ3v) is 7.41. The van der Waals surface area contributed by atoms with Gasteiger partial charge in [0.1, 0.15) is 35.1 Å².